The van der Waals surface area contributed by atoms with Gasteiger partial charge in [0, 0.05) is 4.90 Å². The quantitative estimate of drug-likeness (QED) is 0.522. The van der Waals surface area contributed by atoms with Crippen molar-refractivity contribution in [3.8, 4) is 11.5 Å². The molecule has 0 saturated heterocycles. The summed E-state index contributed by atoms with van der Waals surface area (Å²) in [6.07, 6.45) is -0.765. The van der Waals surface area contributed by atoms with Crippen molar-refractivity contribution < 1.29 is 19.1 Å². The van der Waals surface area contributed by atoms with Crippen molar-refractivity contribution in [2.24, 2.45) is 0 Å². The molecule has 0 saturated carbocycles. The monoisotopic (exact) mass is 402 g/mol. The van der Waals surface area contributed by atoms with Crippen LogP contribution in [-0.4, -0.2) is 29.8 Å². The molecule has 0 aromatic heterocycles. The van der Waals surface area contributed by atoms with Crippen molar-refractivity contribution in [1.82, 2.24) is 10.9 Å². The highest BCUT2D eigenvalue weighted by atomic mass is 32.2. The van der Waals surface area contributed by atoms with E-state index in [4.69, 9.17) is 9.47 Å². The fraction of sp³-hybridized carbons (Fsp3) is 0.333. The number of aryl methyl sites for hydroxylation is 1. The number of hydrogen-bond acceptors (Lipinski definition) is 5. The van der Waals surface area contributed by atoms with Crippen molar-refractivity contribution in [3.63, 3.8) is 0 Å². The number of hydrogen-bond donors (Lipinski definition) is 2. The number of hydrazine groups is 1. The van der Waals surface area contributed by atoms with Gasteiger partial charge in [0.25, 0.3) is 11.8 Å². The average Bonchev–Trinajstić information content (AvgIpc) is 2.69. The number of benzene rings is 2. The Labute approximate surface area is 170 Å². The summed E-state index contributed by atoms with van der Waals surface area (Å²) in [4.78, 5) is 25.3. The van der Waals surface area contributed by atoms with Crippen molar-refractivity contribution in [1.29, 1.82) is 0 Å². The summed E-state index contributed by atoms with van der Waals surface area (Å²) >= 11 is 1.42. The largest absolute Gasteiger partial charge is 0.494 e. The summed E-state index contributed by atoms with van der Waals surface area (Å²) < 4.78 is 10.9. The SMILES string of the molecule is CCOc1ccc(O[C@H](C)C(=O)NNC(=O)[C@@H](C)Sc2ccc(C)cc2)cc1. The molecule has 2 atom stereocenters. The normalized spacial score (nSPS) is 12.6. The van der Waals surface area contributed by atoms with E-state index in [1.54, 1.807) is 38.1 Å². The predicted molar refractivity (Wildman–Crippen MR) is 110 cm³/mol. The van der Waals surface area contributed by atoms with Gasteiger partial charge in [-0.2, -0.15) is 0 Å². The van der Waals surface area contributed by atoms with Gasteiger partial charge in [0.2, 0.25) is 0 Å². The lowest BCUT2D eigenvalue weighted by Crippen LogP contribution is -2.49. The predicted octanol–water partition coefficient (Wildman–Crippen LogP) is 3.49. The molecule has 0 heterocycles. The van der Waals surface area contributed by atoms with Crippen LogP contribution in [-0.2, 0) is 9.59 Å². The Morgan fingerprint density at radius 3 is 2.11 bits per heavy atom. The number of carbonyl (C=O) groups excluding carboxylic acids is 2. The number of amides is 2. The second-order valence-corrected chi connectivity index (χ2v) is 7.63. The van der Waals surface area contributed by atoms with E-state index in [2.05, 4.69) is 10.9 Å². The molecular weight excluding hydrogens is 376 g/mol. The topological polar surface area (TPSA) is 76.7 Å². The molecule has 2 amide bonds. The highest BCUT2D eigenvalue weighted by Gasteiger charge is 2.18. The van der Waals surface area contributed by atoms with Crippen LogP contribution in [0.15, 0.2) is 53.4 Å². The average molecular weight is 403 g/mol. The van der Waals surface area contributed by atoms with Gasteiger partial charge in [0.1, 0.15) is 11.5 Å². The van der Waals surface area contributed by atoms with Crippen LogP contribution < -0.4 is 20.3 Å². The van der Waals surface area contributed by atoms with Gasteiger partial charge in [-0.05, 0) is 64.1 Å². The highest BCUT2D eigenvalue weighted by Crippen LogP contribution is 2.23. The maximum absolute atomic E-state index is 12.2. The van der Waals surface area contributed by atoms with Crippen molar-refractivity contribution in [2.45, 2.75) is 43.9 Å². The molecule has 6 nitrogen and oxygen atoms in total. The standard InChI is InChI=1S/C21H26N2O4S/c1-5-26-17-8-10-18(11-9-17)27-15(3)20(24)22-23-21(25)16(4)28-19-12-6-14(2)7-13-19/h6-13,15-16H,5H2,1-4H3,(H,22,24)(H,23,25)/t15-,16-/m1/s1. The zero-order valence-corrected chi connectivity index (χ0v) is 17.3. The first-order valence-electron chi connectivity index (χ1n) is 9.11. The molecule has 0 radical (unpaired) electrons. The number of thioether (sulfide) groups is 1. The molecule has 0 unspecified atom stereocenters. The summed E-state index contributed by atoms with van der Waals surface area (Å²) in [5, 5.41) is -0.356. The first-order valence-corrected chi connectivity index (χ1v) is 9.99. The summed E-state index contributed by atoms with van der Waals surface area (Å²) in [5.74, 6) is 0.557. The Bertz CT molecular complexity index is 778. The Hall–Kier alpha value is -2.67. The maximum Gasteiger partial charge on any atom is 0.279 e. The molecule has 0 fully saturated rings. The van der Waals surface area contributed by atoms with E-state index < -0.39 is 12.0 Å². The van der Waals surface area contributed by atoms with Crippen LogP contribution in [0.2, 0.25) is 0 Å². The van der Waals surface area contributed by atoms with Gasteiger partial charge in [-0.25, -0.2) is 0 Å². The third-order valence-electron chi connectivity index (χ3n) is 3.83. The summed E-state index contributed by atoms with van der Waals surface area (Å²) in [6, 6.07) is 14.9. The van der Waals surface area contributed by atoms with Crippen LogP contribution in [0.3, 0.4) is 0 Å². The van der Waals surface area contributed by atoms with Crippen LogP contribution in [0.25, 0.3) is 0 Å². The van der Waals surface area contributed by atoms with E-state index in [0.717, 1.165) is 16.2 Å². The van der Waals surface area contributed by atoms with E-state index in [9.17, 15) is 9.59 Å². The zero-order chi connectivity index (χ0) is 20.5. The molecule has 2 N–H and O–H groups in total. The van der Waals surface area contributed by atoms with Crippen LogP contribution >= 0.6 is 11.8 Å². The first kappa shape index (κ1) is 21.6. The minimum Gasteiger partial charge on any atom is -0.494 e. The van der Waals surface area contributed by atoms with Crippen molar-refractivity contribution >= 4 is 23.6 Å². The Balaban J connectivity index is 1.78. The lowest BCUT2D eigenvalue weighted by Gasteiger charge is -2.17. The Morgan fingerprint density at radius 1 is 0.929 bits per heavy atom. The van der Waals surface area contributed by atoms with Crippen LogP contribution in [0.5, 0.6) is 11.5 Å². The smallest absolute Gasteiger partial charge is 0.279 e. The molecule has 2 aromatic rings. The van der Waals surface area contributed by atoms with Crippen LogP contribution in [0.4, 0.5) is 0 Å². The van der Waals surface area contributed by atoms with Crippen LogP contribution in [0.1, 0.15) is 26.3 Å². The number of ether oxygens (including phenoxy) is 2. The maximum atomic E-state index is 12.2. The lowest BCUT2D eigenvalue weighted by molar-refractivity contribution is -0.132. The van der Waals surface area contributed by atoms with E-state index in [1.165, 1.54) is 11.8 Å². The second kappa shape index (κ2) is 10.6. The lowest BCUT2D eigenvalue weighted by atomic mass is 10.2. The van der Waals surface area contributed by atoms with Crippen LogP contribution in [0, 0.1) is 6.92 Å². The number of nitrogens with one attached hydrogen (secondary N) is 2. The third-order valence-corrected chi connectivity index (χ3v) is 4.94. The molecular formula is C21H26N2O4S. The second-order valence-electron chi connectivity index (χ2n) is 6.22. The molecule has 2 rings (SSSR count). The molecule has 7 heteroatoms. The summed E-state index contributed by atoms with van der Waals surface area (Å²) in [7, 11) is 0. The fourth-order valence-electron chi connectivity index (χ4n) is 2.24. The number of rotatable bonds is 8. The van der Waals surface area contributed by atoms with Gasteiger partial charge in [-0.1, -0.05) is 17.7 Å². The van der Waals surface area contributed by atoms with E-state index in [-0.39, 0.29) is 11.2 Å². The molecule has 0 bridgehead atoms. The van der Waals surface area contributed by atoms with Crippen molar-refractivity contribution in [3.05, 3.63) is 54.1 Å². The van der Waals surface area contributed by atoms with Gasteiger partial charge in [0.05, 0.1) is 11.9 Å². The first-order chi connectivity index (χ1) is 13.4. The minimum absolute atomic E-state index is 0.285. The van der Waals surface area contributed by atoms with Gasteiger partial charge < -0.3 is 9.47 Å². The molecule has 0 spiro atoms. The zero-order valence-electron chi connectivity index (χ0n) is 16.5. The third kappa shape index (κ3) is 6.81. The van der Waals surface area contributed by atoms with Gasteiger partial charge >= 0.3 is 0 Å². The van der Waals surface area contributed by atoms with E-state index in [0.29, 0.717) is 12.4 Å². The summed E-state index contributed by atoms with van der Waals surface area (Å²) in [6.45, 7) is 7.90. The fourth-order valence-corrected chi connectivity index (χ4v) is 3.11. The summed E-state index contributed by atoms with van der Waals surface area (Å²) in [5.41, 5.74) is 6.02. The molecule has 28 heavy (non-hydrogen) atoms. The molecule has 2 aromatic carbocycles. The molecule has 150 valence electrons. The molecule has 0 aliphatic carbocycles. The van der Waals surface area contributed by atoms with Crippen molar-refractivity contribution in [2.75, 3.05) is 6.61 Å². The molecule has 0 aliphatic rings. The molecule has 0 aliphatic heterocycles. The minimum atomic E-state index is -0.765. The van der Waals surface area contributed by atoms with Gasteiger partial charge in [-0.15, -0.1) is 11.8 Å². The van der Waals surface area contributed by atoms with E-state index >= 15 is 0 Å². The Morgan fingerprint density at radius 2 is 1.50 bits per heavy atom. The van der Waals surface area contributed by atoms with E-state index in [1.807, 2.05) is 38.1 Å². The Kier molecular flexibility index (Phi) is 8.19. The highest BCUT2D eigenvalue weighted by molar-refractivity contribution is 8.00. The van der Waals surface area contributed by atoms with Gasteiger partial charge in [0.15, 0.2) is 6.10 Å². The van der Waals surface area contributed by atoms with Gasteiger partial charge in [-0.3, -0.25) is 20.4 Å². The number of carbonyl (C=O) groups is 2.